The van der Waals surface area contributed by atoms with Crippen LogP contribution in [0.3, 0.4) is 0 Å². The maximum Gasteiger partial charge on any atom is 0.0219 e. The van der Waals surface area contributed by atoms with Crippen LogP contribution in [-0.2, 0) is 6.42 Å². The second-order valence-corrected chi connectivity index (χ2v) is 7.72. The Hall–Kier alpha value is -0.300. The molecule has 0 radical (unpaired) electrons. The highest BCUT2D eigenvalue weighted by atomic mass is 79.9. The van der Waals surface area contributed by atoms with Gasteiger partial charge in [0, 0.05) is 4.83 Å². The molecule has 0 saturated heterocycles. The van der Waals surface area contributed by atoms with Crippen molar-refractivity contribution in [3.05, 3.63) is 35.4 Å². The van der Waals surface area contributed by atoms with Gasteiger partial charge in [0.05, 0.1) is 0 Å². The van der Waals surface area contributed by atoms with Crippen molar-refractivity contribution in [1.29, 1.82) is 0 Å². The van der Waals surface area contributed by atoms with E-state index in [4.69, 9.17) is 0 Å². The largest absolute Gasteiger partial charge is 0.0884 e. The van der Waals surface area contributed by atoms with Gasteiger partial charge < -0.3 is 0 Å². The van der Waals surface area contributed by atoms with Crippen LogP contribution in [0.2, 0.25) is 0 Å². The van der Waals surface area contributed by atoms with Crippen LogP contribution < -0.4 is 0 Å². The smallest absolute Gasteiger partial charge is 0.0219 e. The Kier molecular flexibility index (Phi) is 4.53. The van der Waals surface area contributed by atoms with Crippen LogP contribution in [0.4, 0.5) is 0 Å². The highest BCUT2D eigenvalue weighted by molar-refractivity contribution is 9.09. The summed E-state index contributed by atoms with van der Waals surface area (Å²) in [6.45, 7) is 7.04. The third kappa shape index (κ3) is 3.38. The van der Waals surface area contributed by atoms with Gasteiger partial charge >= 0.3 is 0 Å². The minimum absolute atomic E-state index is 0.497. The van der Waals surface area contributed by atoms with E-state index in [2.05, 4.69) is 61.0 Å². The van der Waals surface area contributed by atoms with E-state index < -0.39 is 0 Å². The van der Waals surface area contributed by atoms with Gasteiger partial charge in [0.2, 0.25) is 0 Å². The number of rotatable bonds is 3. The average molecular weight is 309 g/mol. The van der Waals surface area contributed by atoms with E-state index in [9.17, 15) is 0 Å². The van der Waals surface area contributed by atoms with Crippen molar-refractivity contribution in [3.63, 3.8) is 0 Å². The van der Waals surface area contributed by atoms with E-state index in [0.717, 1.165) is 12.3 Å². The van der Waals surface area contributed by atoms with Gasteiger partial charge in [0.1, 0.15) is 0 Å². The van der Waals surface area contributed by atoms with Gasteiger partial charge in [-0.2, -0.15) is 0 Å². The maximum atomic E-state index is 3.97. The topological polar surface area (TPSA) is 0 Å². The Labute approximate surface area is 120 Å². The average Bonchev–Trinajstić information content (AvgIpc) is 2.31. The number of hydrogen-bond donors (Lipinski definition) is 0. The molecule has 0 spiro atoms. The van der Waals surface area contributed by atoms with Crippen molar-refractivity contribution in [2.24, 2.45) is 11.3 Å². The van der Waals surface area contributed by atoms with Gasteiger partial charge in [-0.25, -0.2) is 0 Å². The lowest BCUT2D eigenvalue weighted by molar-refractivity contribution is 0.136. The first-order valence-electron chi connectivity index (χ1n) is 7.19. The molecular weight excluding hydrogens is 284 g/mol. The molecule has 1 aromatic carbocycles. The van der Waals surface area contributed by atoms with E-state index in [1.807, 2.05) is 0 Å². The number of halogens is 1. The zero-order valence-corrected chi connectivity index (χ0v) is 13.5. The van der Waals surface area contributed by atoms with Crippen LogP contribution >= 0.6 is 15.9 Å². The minimum atomic E-state index is 0.497. The molecule has 1 aromatic rings. The standard InChI is InChI=1S/C17H25Br/c1-13-7-9-14(10-8-13)12-16(18)15-6-4-5-11-17(15,2)3/h7-10,15-16H,4-6,11-12H2,1-3H3. The Balaban J connectivity index is 2.02. The monoisotopic (exact) mass is 308 g/mol. The van der Waals surface area contributed by atoms with E-state index in [-0.39, 0.29) is 0 Å². The second kappa shape index (κ2) is 5.77. The lowest BCUT2D eigenvalue weighted by atomic mass is 9.67. The minimum Gasteiger partial charge on any atom is -0.0884 e. The predicted octanol–water partition coefficient (Wildman–Crippen LogP) is 5.52. The summed E-state index contributed by atoms with van der Waals surface area (Å²) in [5.41, 5.74) is 3.31. The molecule has 2 rings (SSSR count). The first-order valence-corrected chi connectivity index (χ1v) is 8.10. The molecule has 2 atom stereocenters. The Bertz CT molecular complexity index is 377. The molecule has 0 heterocycles. The summed E-state index contributed by atoms with van der Waals surface area (Å²) in [6.07, 6.45) is 6.74. The lowest BCUT2D eigenvalue weighted by Crippen LogP contribution is -2.35. The van der Waals surface area contributed by atoms with Crippen LogP contribution in [-0.4, -0.2) is 4.83 Å². The Morgan fingerprint density at radius 2 is 1.89 bits per heavy atom. The van der Waals surface area contributed by atoms with E-state index in [0.29, 0.717) is 10.2 Å². The highest BCUT2D eigenvalue weighted by Gasteiger charge is 2.36. The van der Waals surface area contributed by atoms with E-state index in [1.165, 1.54) is 36.8 Å². The summed E-state index contributed by atoms with van der Waals surface area (Å²) in [5.74, 6) is 0.813. The molecule has 0 aliphatic heterocycles. The fourth-order valence-corrected chi connectivity index (χ4v) is 4.64. The molecule has 0 nitrogen and oxygen atoms in total. The number of benzene rings is 1. The molecule has 1 fully saturated rings. The first-order chi connectivity index (χ1) is 8.49. The van der Waals surface area contributed by atoms with Crippen molar-refractivity contribution in [3.8, 4) is 0 Å². The number of aryl methyl sites for hydroxylation is 1. The molecular formula is C17H25Br. The maximum absolute atomic E-state index is 3.97. The van der Waals surface area contributed by atoms with Crippen LogP contribution in [0, 0.1) is 18.3 Å². The molecule has 0 N–H and O–H groups in total. The zero-order chi connectivity index (χ0) is 13.2. The number of hydrogen-bond acceptors (Lipinski definition) is 0. The quantitative estimate of drug-likeness (QED) is 0.645. The molecule has 0 amide bonds. The molecule has 18 heavy (non-hydrogen) atoms. The van der Waals surface area contributed by atoms with Gasteiger partial charge in [-0.1, -0.05) is 72.4 Å². The van der Waals surface area contributed by atoms with Crippen LogP contribution in [0.5, 0.6) is 0 Å². The normalized spacial score (nSPS) is 24.8. The van der Waals surface area contributed by atoms with Gasteiger partial charge in [-0.3, -0.25) is 0 Å². The molecule has 1 heteroatoms. The molecule has 100 valence electrons. The molecule has 2 unspecified atom stereocenters. The molecule has 1 saturated carbocycles. The molecule has 0 aromatic heterocycles. The van der Waals surface area contributed by atoms with Crippen molar-refractivity contribution in [2.45, 2.75) is 57.7 Å². The predicted molar refractivity (Wildman–Crippen MR) is 83.3 cm³/mol. The zero-order valence-electron chi connectivity index (χ0n) is 11.9. The summed E-state index contributed by atoms with van der Waals surface area (Å²) >= 11 is 3.97. The van der Waals surface area contributed by atoms with Crippen molar-refractivity contribution >= 4 is 15.9 Å². The molecule has 1 aliphatic rings. The van der Waals surface area contributed by atoms with Crippen molar-refractivity contribution in [2.75, 3.05) is 0 Å². The second-order valence-electron chi connectivity index (χ2n) is 6.55. The van der Waals surface area contributed by atoms with Crippen LogP contribution in [0.15, 0.2) is 24.3 Å². The summed E-state index contributed by atoms with van der Waals surface area (Å²) in [7, 11) is 0. The summed E-state index contributed by atoms with van der Waals surface area (Å²) < 4.78 is 0. The summed E-state index contributed by atoms with van der Waals surface area (Å²) in [5, 5.41) is 0. The Morgan fingerprint density at radius 1 is 1.22 bits per heavy atom. The fraction of sp³-hybridized carbons (Fsp3) is 0.647. The SMILES string of the molecule is Cc1ccc(CC(Br)C2CCCCC2(C)C)cc1. The van der Waals surface area contributed by atoms with E-state index >= 15 is 0 Å². The summed E-state index contributed by atoms with van der Waals surface area (Å²) in [6, 6.07) is 9.00. The first kappa shape index (κ1) is 14.1. The fourth-order valence-electron chi connectivity index (χ4n) is 3.28. The van der Waals surface area contributed by atoms with Gasteiger partial charge in [0.15, 0.2) is 0 Å². The van der Waals surface area contributed by atoms with E-state index in [1.54, 1.807) is 0 Å². The Morgan fingerprint density at radius 3 is 2.50 bits per heavy atom. The van der Waals surface area contributed by atoms with Gasteiger partial charge in [0.25, 0.3) is 0 Å². The third-order valence-electron chi connectivity index (χ3n) is 4.58. The van der Waals surface area contributed by atoms with Crippen molar-refractivity contribution in [1.82, 2.24) is 0 Å². The van der Waals surface area contributed by atoms with Gasteiger partial charge in [-0.05, 0) is 43.1 Å². The van der Waals surface area contributed by atoms with Crippen LogP contribution in [0.1, 0.15) is 50.7 Å². The third-order valence-corrected chi connectivity index (χ3v) is 5.54. The van der Waals surface area contributed by atoms with Crippen molar-refractivity contribution < 1.29 is 0 Å². The molecule has 0 bridgehead atoms. The lowest BCUT2D eigenvalue weighted by Gasteiger charge is -2.41. The molecule has 1 aliphatic carbocycles. The number of alkyl halides is 1. The van der Waals surface area contributed by atoms with Gasteiger partial charge in [-0.15, -0.1) is 0 Å². The highest BCUT2D eigenvalue weighted by Crippen LogP contribution is 2.45. The van der Waals surface area contributed by atoms with Crippen LogP contribution in [0.25, 0.3) is 0 Å². The summed E-state index contributed by atoms with van der Waals surface area (Å²) in [4.78, 5) is 0.621.